The summed E-state index contributed by atoms with van der Waals surface area (Å²) in [6.45, 7) is 11.5. The summed E-state index contributed by atoms with van der Waals surface area (Å²) in [5.74, 6) is 0.0291. The molecule has 2 aromatic rings. The van der Waals surface area contributed by atoms with Gasteiger partial charge < -0.3 is 10.3 Å². The Balaban J connectivity index is 2.64. The molecule has 34 heavy (non-hydrogen) atoms. The zero-order chi connectivity index (χ0) is 25.7. The molecule has 0 aromatic heterocycles. The lowest BCUT2D eigenvalue weighted by Gasteiger charge is -2.21. The molecule has 0 fully saturated rings. The molecular weight excluding hydrogens is 472 g/mol. The summed E-state index contributed by atoms with van der Waals surface area (Å²) < 4.78 is 58.4. The van der Waals surface area contributed by atoms with Crippen molar-refractivity contribution in [2.75, 3.05) is 6.61 Å². The molecule has 0 radical (unpaired) electrons. The van der Waals surface area contributed by atoms with E-state index in [0.717, 1.165) is 31.2 Å². The van der Waals surface area contributed by atoms with Gasteiger partial charge in [0.15, 0.2) is 0 Å². The van der Waals surface area contributed by atoms with Gasteiger partial charge in [-0.1, -0.05) is 70.7 Å². The van der Waals surface area contributed by atoms with Crippen molar-refractivity contribution in [3.05, 3.63) is 58.6 Å². The molecule has 0 spiro atoms. The quantitative estimate of drug-likeness (QED) is 0.156. The number of hydrogen-bond acceptors (Lipinski definition) is 5. The maximum atomic E-state index is 13.6. The van der Waals surface area contributed by atoms with Gasteiger partial charge in [-0.15, -0.1) is 4.79 Å². The van der Waals surface area contributed by atoms with E-state index in [1.54, 1.807) is 32.0 Å². The van der Waals surface area contributed by atoms with Crippen LogP contribution in [-0.4, -0.2) is 32.6 Å². The summed E-state index contributed by atoms with van der Waals surface area (Å²) in [5.41, 5.74) is 11.1. The van der Waals surface area contributed by atoms with Crippen LogP contribution in [0.25, 0.3) is 5.53 Å². The summed E-state index contributed by atoms with van der Waals surface area (Å²) in [5, 5.41) is 0. The minimum Gasteiger partial charge on any atom is -0.492 e. The monoisotopic (exact) mass is 506 g/mol. The number of benzene rings is 2. The molecule has 0 amide bonds. The molecule has 0 atom stereocenters. The van der Waals surface area contributed by atoms with Gasteiger partial charge in [-0.05, 0) is 55.0 Å². The fraction of sp³-hybridized carbons (Fsp3) is 0.480. The molecule has 0 saturated carbocycles. The van der Waals surface area contributed by atoms with E-state index in [2.05, 4.69) is 11.7 Å². The molecule has 0 saturated heterocycles. The standard InChI is InChI=1S/C25H34N2O5S2/c1-7-8-9-10-15-32-21-13-12-20(25(4,5)6)17-23(21)34(30,31)24(27-26)33(28,29)22-14-11-18(2)16-19(22)3/h11-14,16-17H,7-10,15H2,1-6H3. The molecule has 7 nitrogen and oxygen atoms in total. The van der Waals surface area contributed by atoms with Crippen LogP contribution in [0.3, 0.4) is 0 Å². The average Bonchev–Trinajstić information content (AvgIpc) is 2.72. The molecule has 0 unspecified atom stereocenters. The van der Waals surface area contributed by atoms with E-state index in [9.17, 15) is 22.4 Å². The van der Waals surface area contributed by atoms with E-state index < -0.39 is 29.5 Å². The number of rotatable bonds is 8. The van der Waals surface area contributed by atoms with Gasteiger partial charge in [-0.2, -0.15) is 0 Å². The maximum Gasteiger partial charge on any atom is 0.504 e. The maximum absolute atomic E-state index is 13.6. The van der Waals surface area contributed by atoms with Crippen LogP contribution in [0.1, 0.15) is 70.1 Å². The Labute approximate surface area is 203 Å². The second-order valence-corrected chi connectivity index (χ2v) is 13.4. The molecule has 0 aliphatic carbocycles. The Morgan fingerprint density at radius 1 is 0.912 bits per heavy atom. The SMILES string of the molecule is CCCCCCOc1ccc(C(C)(C)C)cc1S(=O)(=O)C(=[N+]=[N-])S(=O)(=O)c1ccc(C)cc1C. The number of nitrogens with zero attached hydrogens (tertiary/aromatic N) is 2. The summed E-state index contributed by atoms with van der Waals surface area (Å²) in [7, 11) is -9.40. The van der Waals surface area contributed by atoms with Gasteiger partial charge in [0.2, 0.25) is 0 Å². The first-order chi connectivity index (χ1) is 15.8. The van der Waals surface area contributed by atoms with Crippen LogP contribution in [0.2, 0.25) is 0 Å². The Morgan fingerprint density at radius 3 is 2.12 bits per heavy atom. The Bertz CT molecular complexity index is 1300. The first kappa shape index (κ1) is 27.8. The van der Waals surface area contributed by atoms with Crippen LogP contribution >= 0.6 is 0 Å². The summed E-state index contributed by atoms with van der Waals surface area (Å²) in [6.07, 6.45) is 3.75. The number of hydrogen-bond donors (Lipinski definition) is 0. The van der Waals surface area contributed by atoms with Crippen LogP contribution < -0.4 is 4.74 Å². The van der Waals surface area contributed by atoms with Crippen molar-refractivity contribution in [1.82, 2.24) is 0 Å². The van der Waals surface area contributed by atoms with Gasteiger partial charge in [0, 0.05) is 0 Å². The molecule has 2 aromatic carbocycles. The van der Waals surface area contributed by atoms with Crippen LogP contribution in [0.4, 0.5) is 0 Å². The molecule has 0 aliphatic heterocycles. The summed E-state index contributed by atoms with van der Waals surface area (Å²) >= 11 is 0. The Morgan fingerprint density at radius 2 is 1.56 bits per heavy atom. The second-order valence-electron chi connectivity index (χ2n) is 9.46. The highest BCUT2D eigenvalue weighted by Gasteiger charge is 2.46. The van der Waals surface area contributed by atoms with Crippen LogP contribution in [0.15, 0.2) is 46.2 Å². The van der Waals surface area contributed by atoms with Gasteiger partial charge in [0.05, 0.1) is 11.5 Å². The van der Waals surface area contributed by atoms with E-state index in [1.165, 1.54) is 18.2 Å². The van der Waals surface area contributed by atoms with Gasteiger partial charge >= 0.3 is 4.38 Å². The fourth-order valence-corrected chi connectivity index (χ4v) is 7.24. The van der Waals surface area contributed by atoms with Crippen molar-refractivity contribution in [3.63, 3.8) is 0 Å². The van der Waals surface area contributed by atoms with Crippen LogP contribution in [-0.2, 0) is 25.1 Å². The van der Waals surface area contributed by atoms with E-state index in [0.29, 0.717) is 11.1 Å². The Hall–Kier alpha value is -2.48. The second kappa shape index (κ2) is 10.8. The van der Waals surface area contributed by atoms with Crippen molar-refractivity contribution in [1.29, 1.82) is 0 Å². The van der Waals surface area contributed by atoms with Crippen molar-refractivity contribution >= 4 is 24.1 Å². The lowest BCUT2D eigenvalue weighted by molar-refractivity contribution is 0.00378. The van der Waals surface area contributed by atoms with E-state index in [1.807, 2.05) is 20.8 Å². The molecule has 0 aliphatic rings. The predicted octanol–water partition coefficient (Wildman–Crippen LogP) is 5.39. The minimum absolute atomic E-state index is 0.0291. The van der Waals surface area contributed by atoms with Crippen molar-refractivity contribution in [3.8, 4) is 5.75 Å². The van der Waals surface area contributed by atoms with Crippen molar-refractivity contribution in [2.24, 2.45) is 0 Å². The van der Waals surface area contributed by atoms with Gasteiger partial charge in [-0.3, -0.25) is 0 Å². The first-order valence-electron chi connectivity index (χ1n) is 11.3. The summed E-state index contributed by atoms with van der Waals surface area (Å²) in [4.78, 5) is 2.22. The van der Waals surface area contributed by atoms with Crippen LogP contribution in [0.5, 0.6) is 5.75 Å². The van der Waals surface area contributed by atoms with Gasteiger partial charge in [0.1, 0.15) is 10.6 Å². The third kappa shape index (κ3) is 6.14. The largest absolute Gasteiger partial charge is 0.504 e. The number of unbranched alkanes of at least 4 members (excludes halogenated alkanes) is 3. The number of sulfone groups is 2. The number of ether oxygens (including phenoxy) is 1. The molecular formula is C25H34N2O5S2. The van der Waals surface area contributed by atoms with Crippen molar-refractivity contribution < 1.29 is 26.4 Å². The number of aryl methyl sites for hydroxylation is 2. The smallest absolute Gasteiger partial charge is 0.492 e. The molecule has 9 heteroatoms. The molecule has 2 rings (SSSR count). The van der Waals surface area contributed by atoms with Crippen LogP contribution in [0, 0.1) is 13.8 Å². The zero-order valence-corrected chi connectivity index (χ0v) is 22.4. The van der Waals surface area contributed by atoms with E-state index in [4.69, 9.17) is 4.74 Å². The highest BCUT2D eigenvalue weighted by Crippen LogP contribution is 2.34. The molecule has 186 valence electrons. The van der Waals surface area contributed by atoms with Gasteiger partial charge in [-0.25, -0.2) is 16.8 Å². The fourth-order valence-electron chi connectivity index (χ4n) is 3.56. The highest BCUT2D eigenvalue weighted by molar-refractivity contribution is 8.31. The highest BCUT2D eigenvalue weighted by atomic mass is 32.3. The molecule has 0 bridgehead atoms. The lowest BCUT2D eigenvalue weighted by Crippen LogP contribution is -2.27. The minimum atomic E-state index is -4.76. The van der Waals surface area contributed by atoms with Gasteiger partial charge in [0.25, 0.3) is 19.7 Å². The third-order valence-electron chi connectivity index (χ3n) is 5.52. The topological polar surface area (TPSA) is 114 Å². The van der Waals surface area contributed by atoms with Crippen molar-refractivity contribution in [2.45, 2.75) is 82.4 Å². The zero-order valence-electron chi connectivity index (χ0n) is 20.8. The lowest BCUT2D eigenvalue weighted by atomic mass is 9.87. The molecule has 0 heterocycles. The Kier molecular flexibility index (Phi) is 8.86. The van der Waals surface area contributed by atoms with E-state index >= 15 is 0 Å². The predicted molar refractivity (Wildman–Crippen MR) is 134 cm³/mol. The first-order valence-corrected chi connectivity index (χ1v) is 14.3. The summed E-state index contributed by atoms with van der Waals surface area (Å²) in [6, 6.07) is 9.20. The normalized spacial score (nSPS) is 12.3. The average molecular weight is 507 g/mol. The molecule has 0 N–H and O–H groups in total. The van der Waals surface area contributed by atoms with E-state index in [-0.39, 0.29) is 22.1 Å². The third-order valence-corrected chi connectivity index (χ3v) is 9.85.